The number of fused-ring (bicyclic) bond motifs is 3. The number of halogens is 7. The van der Waals surface area contributed by atoms with Gasteiger partial charge in [0.05, 0.1) is 6.04 Å². The monoisotopic (exact) mass is 476 g/mol. The van der Waals surface area contributed by atoms with Crippen molar-refractivity contribution in [2.24, 2.45) is 5.92 Å². The first-order chi connectivity index (χ1) is 14.8. The Balaban J connectivity index is 1.87. The Morgan fingerprint density at radius 3 is 2.25 bits per heavy atom. The quantitative estimate of drug-likeness (QED) is 0.423. The highest BCUT2D eigenvalue weighted by atomic mass is 35.5. The Labute approximate surface area is 184 Å². The number of aromatic amines is 1. The summed E-state index contributed by atoms with van der Waals surface area (Å²) >= 11 is 6.13. The van der Waals surface area contributed by atoms with Crippen molar-refractivity contribution < 1.29 is 26.3 Å². The number of hydrogen-bond acceptors (Lipinski definition) is 3. The van der Waals surface area contributed by atoms with Crippen LogP contribution in [0.5, 0.6) is 0 Å². The number of aromatic nitrogens is 3. The molecule has 4 nitrogen and oxygen atoms in total. The van der Waals surface area contributed by atoms with Gasteiger partial charge in [-0.1, -0.05) is 25.4 Å². The molecule has 0 radical (unpaired) electrons. The zero-order valence-electron chi connectivity index (χ0n) is 17.1. The van der Waals surface area contributed by atoms with E-state index in [0.29, 0.717) is 17.9 Å². The third-order valence-electron chi connectivity index (χ3n) is 5.46. The summed E-state index contributed by atoms with van der Waals surface area (Å²) in [6.07, 6.45) is -9.20. The minimum absolute atomic E-state index is 0.0543. The SMILES string of the molecule is CC(C)CC1c2[nH]c3ccc(Cl)cc3c2CCN1c1nc(C(F)(F)F)cc(C(F)(F)F)n1. The van der Waals surface area contributed by atoms with Crippen molar-refractivity contribution in [3.05, 3.63) is 51.9 Å². The van der Waals surface area contributed by atoms with Crippen LogP contribution in [0, 0.1) is 5.92 Å². The Kier molecular flexibility index (Phi) is 5.55. The van der Waals surface area contributed by atoms with Gasteiger partial charge in [-0.05, 0) is 48.6 Å². The Hall–Kier alpha value is -2.49. The standard InChI is InChI=1S/C21H19ClF6N4/c1-10(2)7-15-18-12(13-8-11(22)3-4-14(13)29-18)5-6-32(15)19-30-16(20(23,24)25)9-17(31-19)21(26,27)28/h3-4,8-10,15,29H,5-7H2,1-2H3. The second kappa shape index (κ2) is 7.83. The molecule has 0 saturated heterocycles. The fourth-order valence-electron chi connectivity index (χ4n) is 4.12. The second-order valence-corrected chi connectivity index (χ2v) is 8.67. The molecule has 0 bridgehead atoms. The summed E-state index contributed by atoms with van der Waals surface area (Å²) in [5, 5.41) is 1.43. The number of H-pyrrole nitrogens is 1. The minimum Gasteiger partial charge on any atom is -0.356 e. The number of nitrogens with zero attached hydrogens (tertiary/aromatic N) is 3. The van der Waals surface area contributed by atoms with Crippen molar-refractivity contribution in [2.45, 2.75) is 45.1 Å². The first kappa shape index (κ1) is 22.7. The van der Waals surface area contributed by atoms with Crippen LogP contribution in [0.15, 0.2) is 24.3 Å². The van der Waals surface area contributed by atoms with Crippen LogP contribution >= 0.6 is 11.6 Å². The van der Waals surface area contributed by atoms with Crippen molar-refractivity contribution in [2.75, 3.05) is 11.4 Å². The highest BCUT2D eigenvalue weighted by Crippen LogP contribution is 2.41. The summed E-state index contributed by atoms with van der Waals surface area (Å²) in [7, 11) is 0. The second-order valence-electron chi connectivity index (χ2n) is 8.23. The largest absolute Gasteiger partial charge is 0.433 e. The highest BCUT2D eigenvalue weighted by Gasteiger charge is 2.41. The van der Waals surface area contributed by atoms with E-state index >= 15 is 0 Å². The van der Waals surface area contributed by atoms with Gasteiger partial charge in [-0.25, -0.2) is 9.97 Å². The lowest BCUT2D eigenvalue weighted by Crippen LogP contribution is -2.38. The van der Waals surface area contributed by atoms with Crippen LogP contribution in [0.1, 0.15) is 49.0 Å². The van der Waals surface area contributed by atoms with E-state index < -0.39 is 35.7 Å². The van der Waals surface area contributed by atoms with E-state index in [1.54, 1.807) is 18.2 Å². The van der Waals surface area contributed by atoms with Crippen molar-refractivity contribution >= 4 is 28.5 Å². The minimum atomic E-state index is -5.04. The molecule has 1 aliphatic rings. The summed E-state index contributed by atoms with van der Waals surface area (Å²) in [6.45, 7) is 4.03. The molecule has 32 heavy (non-hydrogen) atoms. The van der Waals surface area contributed by atoms with E-state index in [0.717, 1.165) is 22.2 Å². The van der Waals surface area contributed by atoms with Crippen molar-refractivity contribution in [3.8, 4) is 0 Å². The van der Waals surface area contributed by atoms with E-state index in [9.17, 15) is 26.3 Å². The lowest BCUT2D eigenvalue weighted by molar-refractivity contribution is -0.147. The maximum absolute atomic E-state index is 13.3. The number of hydrogen-bond donors (Lipinski definition) is 1. The molecule has 4 rings (SSSR count). The van der Waals surface area contributed by atoms with Crippen molar-refractivity contribution in [1.29, 1.82) is 0 Å². The summed E-state index contributed by atoms with van der Waals surface area (Å²) in [5.74, 6) is -0.475. The summed E-state index contributed by atoms with van der Waals surface area (Å²) in [6, 6.07) is 4.74. The van der Waals surface area contributed by atoms with Crippen molar-refractivity contribution in [3.63, 3.8) is 0 Å². The molecule has 1 N–H and O–H groups in total. The molecule has 1 aromatic carbocycles. The first-order valence-electron chi connectivity index (χ1n) is 9.94. The van der Waals surface area contributed by atoms with E-state index in [2.05, 4.69) is 15.0 Å². The molecule has 0 amide bonds. The highest BCUT2D eigenvalue weighted by molar-refractivity contribution is 6.31. The van der Waals surface area contributed by atoms with Gasteiger partial charge in [-0.2, -0.15) is 26.3 Å². The smallest absolute Gasteiger partial charge is 0.356 e. The number of nitrogens with one attached hydrogen (secondary N) is 1. The zero-order chi connectivity index (χ0) is 23.4. The molecule has 0 spiro atoms. The number of alkyl halides is 6. The number of rotatable bonds is 3. The summed E-state index contributed by atoms with van der Waals surface area (Å²) in [4.78, 5) is 11.7. The topological polar surface area (TPSA) is 44.8 Å². The molecular formula is C21H19ClF6N4. The molecule has 0 fully saturated rings. The fourth-order valence-corrected chi connectivity index (χ4v) is 4.29. The summed E-state index contributed by atoms with van der Waals surface area (Å²) in [5.41, 5.74) is -0.750. The van der Waals surface area contributed by atoms with E-state index in [1.807, 2.05) is 13.8 Å². The molecular weight excluding hydrogens is 458 g/mol. The Bertz CT molecular complexity index is 1120. The fraction of sp³-hybridized carbons (Fsp3) is 0.429. The molecule has 2 aromatic heterocycles. The maximum Gasteiger partial charge on any atom is 0.433 e. The molecule has 0 aliphatic carbocycles. The lowest BCUT2D eigenvalue weighted by atomic mass is 9.92. The maximum atomic E-state index is 13.3. The molecule has 11 heteroatoms. The van der Waals surface area contributed by atoms with Gasteiger partial charge in [0, 0.05) is 28.2 Å². The molecule has 1 aliphatic heterocycles. The predicted octanol–water partition coefficient (Wildman–Crippen LogP) is 6.80. The van der Waals surface area contributed by atoms with E-state index in [4.69, 9.17) is 11.6 Å². The van der Waals surface area contributed by atoms with Gasteiger partial charge < -0.3 is 9.88 Å². The molecule has 0 saturated carbocycles. The predicted molar refractivity (Wildman–Crippen MR) is 109 cm³/mol. The molecule has 172 valence electrons. The molecule has 3 heterocycles. The van der Waals surface area contributed by atoms with Crippen LogP contribution < -0.4 is 4.90 Å². The van der Waals surface area contributed by atoms with Crippen LogP contribution in [0.4, 0.5) is 32.3 Å². The Morgan fingerprint density at radius 2 is 1.69 bits per heavy atom. The van der Waals surface area contributed by atoms with Crippen LogP contribution in [-0.4, -0.2) is 21.5 Å². The van der Waals surface area contributed by atoms with Crippen LogP contribution in [0.25, 0.3) is 10.9 Å². The number of benzene rings is 1. The van der Waals surface area contributed by atoms with E-state index in [-0.39, 0.29) is 18.5 Å². The van der Waals surface area contributed by atoms with Gasteiger partial charge in [0.1, 0.15) is 0 Å². The molecule has 1 unspecified atom stereocenters. The van der Waals surface area contributed by atoms with Crippen LogP contribution in [-0.2, 0) is 18.8 Å². The van der Waals surface area contributed by atoms with Gasteiger partial charge in [0.25, 0.3) is 0 Å². The molecule has 1 atom stereocenters. The number of anilines is 1. The third kappa shape index (κ3) is 4.24. The van der Waals surface area contributed by atoms with Crippen LogP contribution in [0.2, 0.25) is 5.02 Å². The van der Waals surface area contributed by atoms with E-state index in [1.165, 1.54) is 4.90 Å². The average Bonchev–Trinajstić information content (AvgIpc) is 3.04. The summed E-state index contributed by atoms with van der Waals surface area (Å²) < 4.78 is 80.0. The van der Waals surface area contributed by atoms with Gasteiger partial charge >= 0.3 is 12.4 Å². The van der Waals surface area contributed by atoms with Gasteiger partial charge in [0.15, 0.2) is 11.4 Å². The average molecular weight is 477 g/mol. The van der Waals surface area contributed by atoms with Crippen molar-refractivity contribution in [1.82, 2.24) is 15.0 Å². The third-order valence-corrected chi connectivity index (χ3v) is 5.70. The first-order valence-corrected chi connectivity index (χ1v) is 10.3. The van der Waals surface area contributed by atoms with Crippen LogP contribution in [0.3, 0.4) is 0 Å². The zero-order valence-corrected chi connectivity index (χ0v) is 17.8. The van der Waals surface area contributed by atoms with Gasteiger partial charge in [-0.15, -0.1) is 0 Å². The van der Waals surface area contributed by atoms with Gasteiger partial charge in [0.2, 0.25) is 5.95 Å². The Morgan fingerprint density at radius 1 is 1.06 bits per heavy atom. The lowest BCUT2D eigenvalue weighted by Gasteiger charge is -2.37. The normalized spacial score (nSPS) is 17.3. The van der Waals surface area contributed by atoms with Gasteiger partial charge in [-0.3, -0.25) is 0 Å². The molecule has 3 aromatic rings.